The molecule has 0 fully saturated rings. The summed E-state index contributed by atoms with van der Waals surface area (Å²) in [7, 11) is 3.69. The Kier molecular flexibility index (Phi) is 16.9. The lowest BCUT2D eigenvalue weighted by Gasteiger charge is -2.11. The summed E-state index contributed by atoms with van der Waals surface area (Å²) in [5.41, 5.74) is 2.78. The highest BCUT2D eigenvalue weighted by atomic mass is 16.2. The number of allylic oxidation sites excluding steroid dienone is 2. The second-order valence-electron chi connectivity index (χ2n) is 6.76. The second kappa shape index (κ2) is 17.5. The van der Waals surface area contributed by atoms with Gasteiger partial charge in [0.05, 0.1) is 0 Å². The monoisotopic (exact) mass is 324 g/mol. The van der Waals surface area contributed by atoms with Crippen molar-refractivity contribution in [3.05, 3.63) is 12.2 Å². The molecule has 0 aromatic carbocycles. The van der Waals surface area contributed by atoms with E-state index in [-0.39, 0.29) is 5.91 Å². The van der Waals surface area contributed by atoms with E-state index in [2.05, 4.69) is 24.5 Å². The number of hydrogen-bond donors (Lipinski definition) is 1. The minimum atomic E-state index is 0.132. The molecule has 3 nitrogen and oxygen atoms in total. The van der Waals surface area contributed by atoms with Crippen molar-refractivity contribution >= 4 is 5.91 Å². The highest BCUT2D eigenvalue weighted by Crippen LogP contribution is 2.09. The molecule has 0 aliphatic heterocycles. The molecule has 1 amide bonds. The van der Waals surface area contributed by atoms with E-state index in [1.54, 1.807) is 5.01 Å². The largest absolute Gasteiger partial charge is 0.289 e. The average molecular weight is 325 g/mol. The van der Waals surface area contributed by atoms with Gasteiger partial charge in [0.2, 0.25) is 5.91 Å². The van der Waals surface area contributed by atoms with E-state index in [4.69, 9.17) is 0 Å². The van der Waals surface area contributed by atoms with Crippen LogP contribution in [0, 0.1) is 0 Å². The average Bonchev–Trinajstić information content (AvgIpc) is 2.50. The van der Waals surface area contributed by atoms with Gasteiger partial charge in [0.25, 0.3) is 0 Å². The van der Waals surface area contributed by atoms with Crippen LogP contribution in [0.5, 0.6) is 0 Å². The Morgan fingerprint density at radius 2 is 1.26 bits per heavy atom. The van der Waals surface area contributed by atoms with Gasteiger partial charge in [-0.2, -0.15) is 0 Å². The molecule has 0 aliphatic rings. The van der Waals surface area contributed by atoms with Gasteiger partial charge in [0, 0.05) is 20.5 Å². The molecule has 1 N–H and O–H groups in total. The first-order valence-electron chi connectivity index (χ1n) is 9.78. The van der Waals surface area contributed by atoms with E-state index < -0.39 is 0 Å². The highest BCUT2D eigenvalue weighted by molar-refractivity contribution is 5.75. The Hall–Kier alpha value is -0.830. The Balaban J connectivity index is 3.18. The number of carbonyl (C=O) groups is 1. The zero-order valence-corrected chi connectivity index (χ0v) is 15.9. The molecule has 0 unspecified atom stereocenters. The van der Waals surface area contributed by atoms with Crippen LogP contribution in [-0.2, 0) is 4.79 Å². The number of carbonyl (C=O) groups excluding carboxylic acids is 1. The standard InChI is InChI=1S/C20H40N2O/c1-4-5-6-7-8-9-10-11-12-13-14-15-16-17-18-19-20(23)21-22(2)3/h11-12H,4-10,13-19H2,1-3H3,(H,21,23)/b12-11-. The van der Waals surface area contributed by atoms with E-state index in [0.717, 1.165) is 6.42 Å². The summed E-state index contributed by atoms with van der Waals surface area (Å²) in [6, 6.07) is 0. The third-order valence-electron chi connectivity index (χ3n) is 4.01. The molecule has 0 bridgehead atoms. The molecule has 0 atom stereocenters. The first-order valence-corrected chi connectivity index (χ1v) is 9.78. The molecule has 0 aliphatic carbocycles. The van der Waals surface area contributed by atoms with Crippen molar-refractivity contribution in [2.45, 2.75) is 96.8 Å². The quantitative estimate of drug-likeness (QED) is 0.227. The first-order chi connectivity index (χ1) is 11.2. The lowest BCUT2D eigenvalue weighted by Crippen LogP contribution is -2.35. The van der Waals surface area contributed by atoms with Crippen molar-refractivity contribution in [3.8, 4) is 0 Å². The fourth-order valence-corrected chi connectivity index (χ4v) is 2.66. The third-order valence-corrected chi connectivity index (χ3v) is 4.01. The van der Waals surface area contributed by atoms with Gasteiger partial charge in [0.15, 0.2) is 0 Å². The minimum absolute atomic E-state index is 0.132. The van der Waals surface area contributed by atoms with Crippen LogP contribution in [0.1, 0.15) is 96.8 Å². The Labute approximate surface area is 144 Å². The maximum Gasteiger partial charge on any atom is 0.234 e. The molecule has 136 valence electrons. The second-order valence-corrected chi connectivity index (χ2v) is 6.76. The SMILES string of the molecule is CCCCCCCC/C=C\CCCCCCCC(=O)NN(C)C. The first kappa shape index (κ1) is 22.2. The van der Waals surface area contributed by atoms with Crippen molar-refractivity contribution in [3.63, 3.8) is 0 Å². The third kappa shape index (κ3) is 19.1. The van der Waals surface area contributed by atoms with Gasteiger partial charge < -0.3 is 0 Å². The van der Waals surface area contributed by atoms with Crippen molar-refractivity contribution in [1.82, 2.24) is 10.4 Å². The number of nitrogens with zero attached hydrogens (tertiary/aromatic N) is 1. The number of unbranched alkanes of at least 4 members (excludes halogenated alkanes) is 11. The number of hydrogen-bond acceptors (Lipinski definition) is 2. The van der Waals surface area contributed by atoms with Crippen LogP contribution >= 0.6 is 0 Å². The molecule has 3 heteroatoms. The van der Waals surface area contributed by atoms with Gasteiger partial charge in [-0.25, -0.2) is 5.01 Å². The molecule has 0 rings (SSSR count). The zero-order chi connectivity index (χ0) is 17.2. The van der Waals surface area contributed by atoms with Gasteiger partial charge in [-0.05, 0) is 32.1 Å². The minimum Gasteiger partial charge on any atom is -0.289 e. The summed E-state index contributed by atoms with van der Waals surface area (Å²) in [6.07, 6.45) is 22.2. The summed E-state index contributed by atoms with van der Waals surface area (Å²) in [5, 5.41) is 1.71. The van der Waals surface area contributed by atoms with Crippen molar-refractivity contribution in [2.75, 3.05) is 14.1 Å². The van der Waals surface area contributed by atoms with Gasteiger partial charge in [-0.1, -0.05) is 70.4 Å². The number of hydrazine groups is 1. The van der Waals surface area contributed by atoms with E-state index >= 15 is 0 Å². The summed E-state index contributed by atoms with van der Waals surface area (Å²) in [5.74, 6) is 0.132. The molecule has 0 saturated carbocycles. The Bertz CT molecular complexity index is 287. The molecule has 0 radical (unpaired) electrons. The molecular weight excluding hydrogens is 284 g/mol. The number of amides is 1. The molecule has 0 saturated heterocycles. The molecule has 23 heavy (non-hydrogen) atoms. The molecular formula is C20H40N2O. The van der Waals surface area contributed by atoms with Gasteiger partial charge in [0.1, 0.15) is 0 Å². The molecule has 0 heterocycles. The van der Waals surface area contributed by atoms with Crippen LogP contribution in [-0.4, -0.2) is 25.0 Å². The van der Waals surface area contributed by atoms with E-state index in [0.29, 0.717) is 6.42 Å². The summed E-state index contributed by atoms with van der Waals surface area (Å²) < 4.78 is 0. The predicted molar refractivity (Wildman–Crippen MR) is 101 cm³/mol. The zero-order valence-electron chi connectivity index (χ0n) is 15.9. The Morgan fingerprint density at radius 3 is 1.78 bits per heavy atom. The maximum absolute atomic E-state index is 11.4. The molecule has 0 aromatic heterocycles. The summed E-state index contributed by atoms with van der Waals surface area (Å²) in [4.78, 5) is 11.4. The normalized spacial score (nSPS) is 11.5. The van der Waals surface area contributed by atoms with Gasteiger partial charge >= 0.3 is 0 Å². The number of nitrogens with one attached hydrogen (secondary N) is 1. The molecule has 0 aromatic rings. The van der Waals surface area contributed by atoms with Crippen LogP contribution in [0.15, 0.2) is 12.2 Å². The van der Waals surface area contributed by atoms with Crippen LogP contribution in [0.2, 0.25) is 0 Å². The summed E-state index contributed by atoms with van der Waals surface area (Å²) >= 11 is 0. The highest BCUT2D eigenvalue weighted by Gasteiger charge is 2.00. The smallest absolute Gasteiger partial charge is 0.234 e. The fourth-order valence-electron chi connectivity index (χ4n) is 2.66. The Morgan fingerprint density at radius 1 is 0.783 bits per heavy atom. The maximum atomic E-state index is 11.4. The van der Waals surface area contributed by atoms with Gasteiger partial charge in [-0.15, -0.1) is 0 Å². The van der Waals surface area contributed by atoms with Crippen molar-refractivity contribution in [2.24, 2.45) is 0 Å². The van der Waals surface area contributed by atoms with Crippen LogP contribution < -0.4 is 5.43 Å². The van der Waals surface area contributed by atoms with Crippen LogP contribution in [0.3, 0.4) is 0 Å². The van der Waals surface area contributed by atoms with Crippen molar-refractivity contribution < 1.29 is 4.79 Å². The van der Waals surface area contributed by atoms with Gasteiger partial charge in [-0.3, -0.25) is 10.2 Å². The number of rotatable bonds is 16. The summed E-state index contributed by atoms with van der Waals surface area (Å²) in [6.45, 7) is 2.27. The van der Waals surface area contributed by atoms with E-state index in [9.17, 15) is 4.79 Å². The lowest BCUT2D eigenvalue weighted by atomic mass is 10.1. The van der Waals surface area contributed by atoms with Crippen LogP contribution in [0.4, 0.5) is 0 Å². The van der Waals surface area contributed by atoms with E-state index in [1.807, 2.05) is 14.1 Å². The van der Waals surface area contributed by atoms with E-state index in [1.165, 1.54) is 77.0 Å². The van der Waals surface area contributed by atoms with Crippen molar-refractivity contribution in [1.29, 1.82) is 0 Å². The fraction of sp³-hybridized carbons (Fsp3) is 0.850. The lowest BCUT2D eigenvalue weighted by molar-refractivity contribution is -0.124. The predicted octanol–water partition coefficient (Wildman–Crippen LogP) is 5.62. The molecule has 0 spiro atoms. The topological polar surface area (TPSA) is 32.3 Å². The van der Waals surface area contributed by atoms with Crippen LogP contribution in [0.25, 0.3) is 0 Å².